The van der Waals surface area contributed by atoms with Crippen molar-refractivity contribution in [2.75, 3.05) is 25.1 Å². The number of anilines is 1. The highest BCUT2D eigenvalue weighted by Gasteiger charge is 2.21. The van der Waals surface area contributed by atoms with Crippen LogP contribution >= 0.6 is 11.6 Å². The number of carbonyl (C=O) groups is 2. The van der Waals surface area contributed by atoms with E-state index in [0.29, 0.717) is 11.5 Å². The molecule has 1 fully saturated rings. The van der Waals surface area contributed by atoms with E-state index in [-0.39, 0.29) is 16.5 Å². The van der Waals surface area contributed by atoms with Crippen molar-refractivity contribution in [3.63, 3.8) is 0 Å². The number of esters is 2. The summed E-state index contributed by atoms with van der Waals surface area (Å²) in [7, 11) is 1.30. The van der Waals surface area contributed by atoms with Gasteiger partial charge in [-0.05, 0) is 37.1 Å². The van der Waals surface area contributed by atoms with Gasteiger partial charge in [0.25, 0.3) is 0 Å². The van der Waals surface area contributed by atoms with Crippen LogP contribution in [0.2, 0.25) is 5.02 Å². The molecule has 3 rings (SSSR count). The molecule has 2 aromatic rings. The number of methoxy groups -OCH3 is 1. The van der Waals surface area contributed by atoms with E-state index in [1.165, 1.54) is 37.6 Å². The smallest absolute Gasteiger partial charge is 0.364 e. The number of carbonyl (C=O) groups excluding carboxylic acids is 2. The lowest BCUT2D eigenvalue weighted by atomic mass is 10.2. The van der Waals surface area contributed by atoms with E-state index in [2.05, 4.69) is 14.7 Å². The number of hydrogen-bond donors (Lipinski definition) is 0. The second-order valence-electron chi connectivity index (χ2n) is 5.47. The van der Waals surface area contributed by atoms with Crippen molar-refractivity contribution in [1.29, 1.82) is 0 Å². The molecule has 1 aliphatic heterocycles. The summed E-state index contributed by atoms with van der Waals surface area (Å²) in [6.45, 7) is 1.70. The molecule has 0 radical (unpaired) electrons. The van der Waals surface area contributed by atoms with Gasteiger partial charge in [-0.25, -0.2) is 19.6 Å². The molecule has 1 aromatic carbocycles. The summed E-state index contributed by atoms with van der Waals surface area (Å²) in [5, 5.41) is 0.124. The summed E-state index contributed by atoms with van der Waals surface area (Å²) in [5.41, 5.74) is 0.370. The predicted molar refractivity (Wildman–Crippen MR) is 91.2 cm³/mol. The van der Waals surface area contributed by atoms with Crippen LogP contribution in [-0.2, 0) is 4.74 Å². The summed E-state index contributed by atoms with van der Waals surface area (Å²) < 4.78 is 9.90. The van der Waals surface area contributed by atoms with Gasteiger partial charge in [-0.3, -0.25) is 0 Å². The third-order valence-corrected chi connectivity index (χ3v) is 4.08. The van der Waals surface area contributed by atoms with Gasteiger partial charge in [0.1, 0.15) is 5.75 Å². The summed E-state index contributed by atoms with van der Waals surface area (Å²) in [4.78, 5) is 34.2. The van der Waals surface area contributed by atoms with Crippen molar-refractivity contribution >= 4 is 29.5 Å². The molecule has 0 unspecified atom stereocenters. The molecule has 0 atom stereocenters. The standard InChI is InChI=1S/C17H16ClN3O4/c1-24-15(22)11-4-6-12(7-5-11)25-16(23)14-13(18)10-19-17(20-14)21-8-2-3-9-21/h4-7,10H,2-3,8-9H2,1H3. The Kier molecular flexibility index (Phi) is 5.14. The minimum absolute atomic E-state index is 0.00983. The zero-order chi connectivity index (χ0) is 17.8. The number of rotatable bonds is 4. The largest absolute Gasteiger partial charge is 0.465 e. The lowest BCUT2D eigenvalue weighted by molar-refractivity contribution is 0.0600. The van der Waals surface area contributed by atoms with Crippen molar-refractivity contribution < 1.29 is 19.1 Å². The maximum atomic E-state index is 12.4. The monoisotopic (exact) mass is 361 g/mol. The van der Waals surface area contributed by atoms with E-state index < -0.39 is 11.9 Å². The van der Waals surface area contributed by atoms with Crippen LogP contribution < -0.4 is 9.64 Å². The third-order valence-electron chi connectivity index (χ3n) is 3.80. The maximum absolute atomic E-state index is 12.4. The van der Waals surface area contributed by atoms with Crippen molar-refractivity contribution in [2.24, 2.45) is 0 Å². The molecule has 130 valence electrons. The fourth-order valence-corrected chi connectivity index (χ4v) is 2.67. The fourth-order valence-electron chi connectivity index (χ4n) is 2.50. The van der Waals surface area contributed by atoms with Gasteiger partial charge < -0.3 is 14.4 Å². The average molecular weight is 362 g/mol. The Morgan fingerprint density at radius 2 is 1.80 bits per heavy atom. The summed E-state index contributed by atoms with van der Waals surface area (Å²) >= 11 is 6.04. The van der Waals surface area contributed by atoms with Crippen molar-refractivity contribution in [3.05, 3.63) is 46.7 Å². The molecule has 7 nitrogen and oxygen atoms in total. The number of benzene rings is 1. The summed E-state index contributed by atoms with van der Waals surface area (Å²) in [5.74, 6) is -0.407. The molecular weight excluding hydrogens is 346 g/mol. The molecule has 0 N–H and O–H groups in total. The van der Waals surface area contributed by atoms with Crippen LogP contribution in [0.3, 0.4) is 0 Å². The third kappa shape index (κ3) is 3.88. The molecule has 0 amide bonds. The molecule has 1 aliphatic rings. The SMILES string of the molecule is COC(=O)c1ccc(OC(=O)c2nc(N3CCCC3)ncc2Cl)cc1. The van der Waals surface area contributed by atoms with E-state index in [1.54, 1.807) is 0 Å². The van der Waals surface area contributed by atoms with Crippen LogP contribution in [0.15, 0.2) is 30.5 Å². The Morgan fingerprint density at radius 1 is 1.12 bits per heavy atom. The lowest BCUT2D eigenvalue weighted by Gasteiger charge is -2.15. The molecule has 0 saturated carbocycles. The summed E-state index contributed by atoms with van der Waals surface area (Å²) in [6, 6.07) is 6.01. The molecule has 25 heavy (non-hydrogen) atoms. The Morgan fingerprint density at radius 3 is 2.44 bits per heavy atom. The maximum Gasteiger partial charge on any atom is 0.364 e. The molecule has 0 aliphatic carbocycles. The Bertz CT molecular complexity index is 789. The number of hydrogen-bond acceptors (Lipinski definition) is 7. The van der Waals surface area contributed by atoms with E-state index in [9.17, 15) is 9.59 Å². The summed E-state index contributed by atoms with van der Waals surface area (Å²) in [6.07, 6.45) is 3.54. The van der Waals surface area contributed by atoms with Gasteiger partial charge in [-0.2, -0.15) is 0 Å². The first-order chi connectivity index (χ1) is 12.1. The van der Waals surface area contributed by atoms with Gasteiger partial charge >= 0.3 is 11.9 Å². The first-order valence-electron chi connectivity index (χ1n) is 7.76. The van der Waals surface area contributed by atoms with Crippen molar-refractivity contribution in [3.8, 4) is 5.75 Å². The van der Waals surface area contributed by atoms with Gasteiger partial charge in [0.05, 0.1) is 23.9 Å². The number of nitrogens with zero attached hydrogens (tertiary/aromatic N) is 3. The molecule has 1 aromatic heterocycles. The van der Waals surface area contributed by atoms with Crippen LogP contribution in [0, 0.1) is 0 Å². The van der Waals surface area contributed by atoms with Gasteiger partial charge in [-0.15, -0.1) is 0 Å². The topological polar surface area (TPSA) is 81.6 Å². The molecule has 0 spiro atoms. The predicted octanol–water partition coefficient (Wildman–Crippen LogP) is 2.74. The highest BCUT2D eigenvalue weighted by Crippen LogP contribution is 2.22. The molecule has 2 heterocycles. The van der Waals surface area contributed by atoms with Crippen LogP contribution in [0.25, 0.3) is 0 Å². The molecular formula is C17H16ClN3O4. The van der Waals surface area contributed by atoms with Crippen molar-refractivity contribution in [1.82, 2.24) is 9.97 Å². The second-order valence-corrected chi connectivity index (χ2v) is 5.87. The van der Waals surface area contributed by atoms with Gasteiger partial charge in [0, 0.05) is 13.1 Å². The molecule has 1 saturated heterocycles. The van der Waals surface area contributed by atoms with Crippen LogP contribution in [0.4, 0.5) is 5.95 Å². The van der Waals surface area contributed by atoms with E-state index in [1.807, 2.05) is 4.90 Å². The molecule has 8 heteroatoms. The van der Waals surface area contributed by atoms with Gasteiger partial charge in [0.2, 0.25) is 5.95 Å². The van der Waals surface area contributed by atoms with Crippen LogP contribution in [-0.4, -0.2) is 42.1 Å². The normalized spacial score (nSPS) is 13.6. The minimum atomic E-state index is -0.682. The lowest BCUT2D eigenvalue weighted by Crippen LogP contribution is -2.22. The van der Waals surface area contributed by atoms with Crippen LogP contribution in [0.1, 0.15) is 33.7 Å². The Hall–Kier alpha value is -2.67. The quantitative estimate of drug-likeness (QED) is 0.611. The number of ether oxygens (including phenoxy) is 2. The Balaban J connectivity index is 1.76. The van der Waals surface area contributed by atoms with Crippen molar-refractivity contribution in [2.45, 2.75) is 12.8 Å². The fraction of sp³-hybridized carbons (Fsp3) is 0.294. The van der Waals surface area contributed by atoms with Gasteiger partial charge in [-0.1, -0.05) is 11.6 Å². The van der Waals surface area contributed by atoms with E-state index in [0.717, 1.165) is 25.9 Å². The number of aromatic nitrogens is 2. The number of halogens is 1. The average Bonchev–Trinajstić information content (AvgIpc) is 3.16. The Labute approximate surface area is 149 Å². The highest BCUT2D eigenvalue weighted by atomic mass is 35.5. The van der Waals surface area contributed by atoms with E-state index in [4.69, 9.17) is 16.3 Å². The highest BCUT2D eigenvalue weighted by molar-refractivity contribution is 6.33. The second kappa shape index (κ2) is 7.48. The first-order valence-corrected chi connectivity index (χ1v) is 8.14. The first kappa shape index (κ1) is 17.2. The zero-order valence-electron chi connectivity index (χ0n) is 13.6. The van der Waals surface area contributed by atoms with E-state index >= 15 is 0 Å². The molecule has 0 bridgehead atoms. The minimum Gasteiger partial charge on any atom is -0.465 e. The zero-order valence-corrected chi connectivity index (χ0v) is 14.3. The van der Waals surface area contributed by atoms with Gasteiger partial charge in [0.15, 0.2) is 5.69 Å². The van der Waals surface area contributed by atoms with Crippen LogP contribution in [0.5, 0.6) is 5.75 Å².